The molecule has 3 rings (SSSR count). The molecule has 37 heavy (non-hydrogen) atoms. The van der Waals surface area contributed by atoms with Gasteiger partial charge in [-0.25, -0.2) is 4.79 Å². The van der Waals surface area contributed by atoms with E-state index in [0.29, 0.717) is 32.6 Å². The largest absolute Gasteiger partial charge is 0.493 e. The summed E-state index contributed by atoms with van der Waals surface area (Å²) in [7, 11) is 0. The summed E-state index contributed by atoms with van der Waals surface area (Å²) in [6.07, 6.45) is 4.82. The SMILES string of the molecule is CCOc1cc(C(C)N(CCCCc2ccccc2)C(=O)NC2CCC[C@H]2C(=O)O)cc(OCC)c1C. The minimum Gasteiger partial charge on any atom is -0.493 e. The lowest BCUT2D eigenvalue weighted by molar-refractivity contribution is -0.142. The maximum Gasteiger partial charge on any atom is 0.318 e. The number of carboxylic acid groups (broad SMARTS) is 1. The van der Waals surface area contributed by atoms with Gasteiger partial charge in [0.2, 0.25) is 0 Å². The zero-order valence-electron chi connectivity index (χ0n) is 22.7. The van der Waals surface area contributed by atoms with Crippen LogP contribution in [0.3, 0.4) is 0 Å². The lowest BCUT2D eigenvalue weighted by Gasteiger charge is -2.32. The first-order valence-corrected chi connectivity index (χ1v) is 13.6. The molecule has 0 aromatic heterocycles. The number of ether oxygens (including phenoxy) is 2. The number of benzene rings is 2. The van der Waals surface area contributed by atoms with Crippen molar-refractivity contribution < 1.29 is 24.2 Å². The van der Waals surface area contributed by atoms with Gasteiger partial charge in [0, 0.05) is 18.2 Å². The van der Waals surface area contributed by atoms with Crippen molar-refractivity contribution in [1.82, 2.24) is 10.2 Å². The van der Waals surface area contributed by atoms with E-state index in [2.05, 4.69) is 17.4 Å². The molecule has 0 spiro atoms. The lowest BCUT2D eigenvalue weighted by atomic mass is 10.0. The van der Waals surface area contributed by atoms with Crippen molar-refractivity contribution in [2.24, 2.45) is 5.92 Å². The number of carbonyl (C=O) groups excluding carboxylic acids is 1. The van der Waals surface area contributed by atoms with Crippen LogP contribution in [-0.4, -0.2) is 47.8 Å². The minimum atomic E-state index is -0.841. The molecule has 202 valence electrons. The van der Waals surface area contributed by atoms with E-state index in [-0.39, 0.29) is 18.1 Å². The molecule has 0 saturated heterocycles. The van der Waals surface area contributed by atoms with Gasteiger partial charge < -0.3 is 24.8 Å². The summed E-state index contributed by atoms with van der Waals surface area (Å²) in [4.78, 5) is 27.1. The van der Waals surface area contributed by atoms with E-state index in [1.165, 1.54) is 5.56 Å². The Hall–Kier alpha value is -3.22. The number of aliphatic carboxylic acids is 1. The van der Waals surface area contributed by atoms with E-state index in [1.54, 1.807) is 0 Å². The maximum absolute atomic E-state index is 13.6. The van der Waals surface area contributed by atoms with Crippen molar-refractivity contribution in [2.45, 2.75) is 78.3 Å². The van der Waals surface area contributed by atoms with Crippen LogP contribution in [0.2, 0.25) is 0 Å². The van der Waals surface area contributed by atoms with Gasteiger partial charge in [-0.05, 0) is 83.1 Å². The number of carbonyl (C=O) groups is 2. The zero-order chi connectivity index (χ0) is 26.8. The highest BCUT2D eigenvalue weighted by molar-refractivity contribution is 5.77. The molecule has 1 fully saturated rings. The Morgan fingerprint density at radius 2 is 1.70 bits per heavy atom. The normalized spacial score (nSPS) is 17.7. The fraction of sp³-hybridized carbons (Fsp3) is 0.533. The van der Waals surface area contributed by atoms with Crippen LogP contribution in [0, 0.1) is 12.8 Å². The summed E-state index contributed by atoms with van der Waals surface area (Å²) in [5, 5.41) is 12.7. The van der Waals surface area contributed by atoms with Crippen LogP contribution >= 0.6 is 0 Å². The van der Waals surface area contributed by atoms with E-state index in [0.717, 1.165) is 48.3 Å². The summed E-state index contributed by atoms with van der Waals surface area (Å²) in [6, 6.07) is 13.5. The maximum atomic E-state index is 13.6. The Morgan fingerprint density at radius 1 is 1.05 bits per heavy atom. The van der Waals surface area contributed by atoms with Gasteiger partial charge in [-0.2, -0.15) is 0 Å². The molecule has 2 aromatic rings. The summed E-state index contributed by atoms with van der Waals surface area (Å²) in [5.74, 6) is 0.127. The van der Waals surface area contributed by atoms with Gasteiger partial charge in [-0.1, -0.05) is 36.8 Å². The third-order valence-electron chi connectivity index (χ3n) is 7.24. The van der Waals surface area contributed by atoms with Gasteiger partial charge >= 0.3 is 12.0 Å². The second kappa shape index (κ2) is 13.9. The zero-order valence-corrected chi connectivity index (χ0v) is 22.7. The number of hydrogen-bond donors (Lipinski definition) is 2. The van der Waals surface area contributed by atoms with E-state index < -0.39 is 11.9 Å². The predicted octanol–water partition coefficient (Wildman–Crippen LogP) is 6.14. The number of urea groups is 1. The number of carboxylic acids is 1. The van der Waals surface area contributed by atoms with Crippen LogP contribution in [0.1, 0.15) is 75.6 Å². The monoisotopic (exact) mass is 510 g/mol. The second-order valence-corrected chi connectivity index (χ2v) is 9.75. The highest BCUT2D eigenvalue weighted by Gasteiger charge is 2.35. The van der Waals surface area contributed by atoms with E-state index in [4.69, 9.17) is 9.47 Å². The minimum absolute atomic E-state index is 0.221. The fourth-order valence-electron chi connectivity index (χ4n) is 5.11. The molecule has 1 aliphatic rings. The van der Waals surface area contributed by atoms with Crippen LogP contribution in [0.5, 0.6) is 11.5 Å². The Labute approximate surface area is 221 Å². The number of aryl methyl sites for hydroxylation is 1. The number of rotatable bonds is 13. The number of amides is 2. The standard InChI is InChI=1S/C30H42N2O5/c1-5-36-27-19-24(20-28(21(27)3)37-6-2)22(4)32(18-11-10-15-23-13-8-7-9-14-23)30(35)31-26-17-12-16-25(26)29(33)34/h7-9,13-14,19-20,22,25-26H,5-6,10-12,15-18H2,1-4H3,(H,31,35)(H,33,34)/t22?,25-,26?/m1/s1. The van der Waals surface area contributed by atoms with Crippen LogP contribution in [-0.2, 0) is 11.2 Å². The first-order chi connectivity index (χ1) is 17.8. The molecule has 7 heteroatoms. The molecule has 7 nitrogen and oxygen atoms in total. The van der Waals surface area contributed by atoms with Gasteiger partial charge in [-0.15, -0.1) is 0 Å². The van der Waals surface area contributed by atoms with Crippen molar-refractivity contribution in [1.29, 1.82) is 0 Å². The quantitative estimate of drug-likeness (QED) is 0.316. The van der Waals surface area contributed by atoms with E-state index in [9.17, 15) is 14.7 Å². The van der Waals surface area contributed by atoms with Crippen LogP contribution in [0.25, 0.3) is 0 Å². The average Bonchev–Trinajstić information content (AvgIpc) is 3.35. The molecule has 0 heterocycles. The highest BCUT2D eigenvalue weighted by Crippen LogP contribution is 2.35. The summed E-state index contributed by atoms with van der Waals surface area (Å²) >= 11 is 0. The van der Waals surface area contributed by atoms with Crippen LogP contribution in [0.4, 0.5) is 4.79 Å². The molecule has 2 aromatic carbocycles. The number of nitrogens with zero attached hydrogens (tertiary/aromatic N) is 1. The van der Waals surface area contributed by atoms with Gasteiger partial charge in [0.1, 0.15) is 11.5 Å². The summed E-state index contributed by atoms with van der Waals surface area (Å²) in [5.41, 5.74) is 3.15. The average molecular weight is 511 g/mol. The molecule has 2 amide bonds. The molecule has 0 aliphatic heterocycles. The van der Waals surface area contributed by atoms with E-state index >= 15 is 0 Å². The number of nitrogens with one attached hydrogen (secondary N) is 1. The van der Waals surface area contributed by atoms with Crippen molar-refractivity contribution in [3.63, 3.8) is 0 Å². The molecule has 2 N–H and O–H groups in total. The van der Waals surface area contributed by atoms with Crippen molar-refractivity contribution >= 4 is 12.0 Å². The first-order valence-electron chi connectivity index (χ1n) is 13.6. The molecule has 0 bridgehead atoms. The Bertz CT molecular complexity index is 999. The molecule has 2 unspecified atom stereocenters. The molecule has 3 atom stereocenters. The Kier molecular flexibility index (Phi) is 10.7. The van der Waals surface area contributed by atoms with Crippen molar-refractivity contribution in [3.05, 3.63) is 59.2 Å². The smallest absolute Gasteiger partial charge is 0.318 e. The van der Waals surface area contributed by atoms with Gasteiger partial charge in [0.05, 0.1) is 25.2 Å². The number of unbranched alkanes of at least 4 members (excludes halogenated alkanes) is 1. The van der Waals surface area contributed by atoms with E-state index in [1.807, 2.05) is 62.9 Å². The third-order valence-corrected chi connectivity index (χ3v) is 7.24. The molecule has 1 aliphatic carbocycles. The Morgan fingerprint density at radius 3 is 2.30 bits per heavy atom. The van der Waals surface area contributed by atoms with Gasteiger partial charge in [-0.3, -0.25) is 4.79 Å². The molecular formula is C30H42N2O5. The number of hydrogen-bond acceptors (Lipinski definition) is 4. The third kappa shape index (κ3) is 7.63. The van der Waals surface area contributed by atoms with Crippen LogP contribution in [0.15, 0.2) is 42.5 Å². The molecule has 0 radical (unpaired) electrons. The predicted molar refractivity (Wildman–Crippen MR) is 145 cm³/mol. The van der Waals surface area contributed by atoms with Crippen LogP contribution < -0.4 is 14.8 Å². The first kappa shape index (κ1) is 28.4. The van der Waals surface area contributed by atoms with Crippen molar-refractivity contribution in [2.75, 3.05) is 19.8 Å². The lowest BCUT2D eigenvalue weighted by Crippen LogP contribution is -2.48. The molecule has 1 saturated carbocycles. The second-order valence-electron chi connectivity index (χ2n) is 9.75. The summed E-state index contributed by atoms with van der Waals surface area (Å²) in [6.45, 7) is 9.51. The van der Waals surface area contributed by atoms with Crippen molar-refractivity contribution in [3.8, 4) is 11.5 Å². The Balaban J connectivity index is 1.81. The molecular weight excluding hydrogens is 468 g/mol. The fourth-order valence-corrected chi connectivity index (χ4v) is 5.11. The van der Waals surface area contributed by atoms with Gasteiger partial charge in [0.15, 0.2) is 0 Å². The van der Waals surface area contributed by atoms with Gasteiger partial charge in [0.25, 0.3) is 0 Å². The topological polar surface area (TPSA) is 88.1 Å². The highest BCUT2D eigenvalue weighted by atomic mass is 16.5. The summed E-state index contributed by atoms with van der Waals surface area (Å²) < 4.78 is 11.8.